The van der Waals surface area contributed by atoms with Crippen molar-refractivity contribution < 1.29 is 8.42 Å². The van der Waals surface area contributed by atoms with Crippen molar-refractivity contribution in [3.8, 4) is 0 Å². The summed E-state index contributed by atoms with van der Waals surface area (Å²) in [5.74, 6) is 0.284. The van der Waals surface area contributed by atoms with Gasteiger partial charge in [-0.15, -0.1) is 0 Å². The van der Waals surface area contributed by atoms with Crippen LogP contribution in [0.1, 0.15) is 35.9 Å². The molecule has 0 radical (unpaired) electrons. The molecule has 6 heteroatoms. The zero-order valence-electron chi connectivity index (χ0n) is 9.39. The highest BCUT2D eigenvalue weighted by atomic mass is 32.2. The van der Waals surface area contributed by atoms with Crippen molar-refractivity contribution in [3.63, 3.8) is 0 Å². The largest absolute Gasteiger partial charge is 0.325 e. The van der Waals surface area contributed by atoms with Crippen molar-refractivity contribution >= 4 is 9.84 Å². The highest BCUT2D eigenvalue weighted by Crippen LogP contribution is 2.32. The monoisotopic (exact) mass is 243 g/mol. The van der Waals surface area contributed by atoms with Gasteiger partial charge in [-0.1, -0.05) is 6.42 Å². The summed E-state index contributed by atoms with van der Waals surface area (Å²) in [6, 6.07) is 1.81. The van der Waals surface area contributed by atoms with Gasteiger partial charge in [0.15, 0.2) is 9.84 Å². The molecule has 0 saturated carbocycles. The van der Waals surface area contributed by atoms with Gasteiger partial charge >= 0.3 is 0 Å². The minimum atomic E-state index is -3.00. The number of aryl methyl sites for hydroxylation is 1. The van der Waals surface area contributed by atoms with Crippen LogP contribution in [0.4, 0.5) is 0 Å². The van der Waals surface area contributed by atoms with Crippen LogP contribution in [0.3, 0.4) is 0 Å². The van der Waals surface area contributed by atoms with Crippen molar-refractivity contribution in [1.29, 1.82) is 0 Å². The Morgan fingerprint density at radius 2 is 2.31 bits per heavy atom. The third kappa shape index (κ3) is 1.99. The highest BCUT2D eigenvalue weighted by Gasteiger charge is 2.32. The van der Waals surface area contributed by atoms with Gasteiger partial charge in [-0.2, -0.15) is 5.10 Å². The average molecular weight is 243 g/mol. The van der Waals surface area contributed by atoms with Crippen LogP contribution in [0.2, 0.25) is 0 Å². The summed E-state index contributed by atoms with van der Waals surface area (Å²) in [7, 11) is -1.21. The van der Waals surface area contributed by atoms with Gasteiger partial charge in [-0.25, -0.2) is 8.42 Å². The van der Waals surface area contributed by atoms with Crippen LogP contribution in [-0.4, -0.2) is 24.0 Å². The Bertz CT molecular complexity index is 478. The van der Waals surface area contributed by atoms with E-state index in [1.54, 1.807) is 11.7 Å². The molecule has 90 valence electrons. The number of hydrogen-bond donors (Lipinski definition) is 1. The van der Waals surface area contributed by atoms with E-state index in [1.165, 1.54) is 0 Å². The lowest BCUT2D eigenvalue weighted by Gasteiger charge is -2.20. The fourth-order valence-electron chi connectivity index (χ4n) is 2.17. The normalized spacial score (nSPS) is 24.5. The quantitative estimate of drug-likeness (QED) is 0.821. The number of hydrogen-bond acceptors (Lipinski definition) is 4. The van der Waals surface area contributed by atoms with Gasteiger partial charge in [-0.05, 0) is 18.9 Å². The molecule has 1 atom stereocenters. The Kier molecular flexibility index (Phi) is 3.03. The summed E-state index contributed by atoms with van der Waals surface area (Å²) in [5.41, 5.74) is 7.08. The maximum absolute atomic E-state index is 11.9. The summed E-state index contributed by atoms with van der Waals surface area (Å²) in [6.45, 7) is 0.385. The van der Waals surface area contributed by atoms with Crippen LogP contribution in [0.15, 0.2) is 6.07 Å². The van der Waals surface area contributed by atoms with Crippen molar-refractivity contribution in [2.24, 2.45) is 12.8 Å². The topological polar surface area (TPSA) is 78.0 Å². The van der Waals surface area contributed by atoms with Gasteiger partial charge in [0.1, 0.15) is 5.25 Å². The highest BCUT2D eigenvalue weighted by molar-refractivity contribution is 7.91. The lowest BCUT2D eigenvalue weighted by molar-refractivity contribution is 0.540. The molecule has 2 N–H and O–H groups in total. The molecule has 0 aromatic carbocycles. The molecule has 5 nitrogen and oxygen atoms in total. The number of sulfone groups is 1. The average Bonchev–Trinajstić information content (AvgIpc) is 2.58. The van der Waals surface area contributed by atoms with Crippen LogP contribution in [0.5, 0.6) is 0 Å². The first-order chi connectivity index (χ1) is 7.54. The molecule has 1 unspecified atom stereocenters. The van der Waals surface area contributed by atoms with E-state index in [0.29, 0.717) is 18.7 Å². The Morgan fingerprint density at radius 1 is 1.56 bits per heavy atom. The van der Waals surface area contributed by atoms with Gasteiger partial charge in [0.05, 0.1) is 17.1 Å². The first-order valence-corrected chi connectivity index (χ1v) is 7.20. The molecule has 1 aliphatic rings. The summed E-state index contributed by atoms with van der Waals surface area (Å²) in [5, 5.41) is 3.83. The molecule has 1 fully saturated rings. The number of nitrogens with zero attached hydrogens (tertiary/aromatic N) is 2. The second kappa shape index (κ2) is 4.18. The molecular formula is C10H17N3O2S. The summed E-state index contributed by atoms with van der Waals surface area (Å²) in [4.78, 5) is 0. The lowest BCUT2D eigenvalue weighted by Crippen LogP contribution is -2.22. The molecule has 1 aliphatic heterocycles. The molecular weight excluding hydrogens is 226 g/mol. The van der Waals surface area contributed by atoms with E-state index >= 15 is 0 Å². The Morgan fingerprint density at radius 3 is 2.88 bits per heavy atom. The minimum Gasteiger partial charge on any atom is -0.325 e. The molecule has 2 heterocycles. The lowest BCUT2D eigenvalue weighted by atomic mass is 10.1. The molecule has 16 heavy (non-hydrogen) atoms. The Balaban J connectivity index is 2.35. The van der Waals surface area contributed by atoms with E-state index in [9.17, 15) is 8.42 Å². The summed E-state index contributed by atoms with van der Waals surface area (Å²) < 4.78 is 25.5. The standard InChI is InChI=1S/C10H17N3O2S/c1-13-8(7-11)6-9(12-13)10-4-2-3-5-16(10,14)15/h6,10H,2-5,7,11H2,1H3. The van der Waals surface area contributed by atoms with E-state index in [0.717, 1.165) is 18.5 Å². The van der Waals surface area contributed by atoms with Gasteiger partial charge in [0, 0.05) is 13.6 Å². The number of rotatable bonds is 2. The van der Waals surface area contributed by atoms with Crippen LogP contribution < -0.4 is 5.73 Å². The summed E-state index contributed by atoms with van der Waals surface area (Å²) >= 11 is 0. The van der Waals surface area contributed by atoms with E-state index in [4.69, 9.17) is 5.73 Å². The number of aromatic nitrogens is 2. The molecule has 0 aliphatic carbocycles. The van der Waals surface area contributed by atoms with E-state index < -0.39 is 15.1 Å². The SMILES string of the molecule is Cn1nc(C2CCCCS2(=O)=O)cc1CN. The van der Waals surface area contributed by atoms with E-state index in [1.807, 2.05) is 6.07 Å². The zero-order chi connectivity index (χ0) is 11.8. The van der Waals surface area contributed by atoms with Gasteiger partial charge in [0.2, 0.25) is 0 Å². The van der Waals surface area contributed by atoms with Crippen LogP contribution in [0, 0.1) is 0 Å². The molecule has 0 spiro atoms. The van der Waals surface area contributed by atoms with E-state index in [2.05, 4.69) is 5.10 Å². The first kappa shape index (κ1) is 11.6. The van der Waals surface area contributed by atoms with Crippen molar-refractivity contribution in [1.82, 2.24) is 9.78 Å². The molecule has 1 aromatic rings. The third-order valence-corrected chi connectivity index (χ3v) is 5.32. The first-order valence-electron chi connectivity index (χ1n) is 5.49. The second-order valence-electron chi connectivity index (χ2n) is 4.24. The number of nitrogens with two attached hydrogens (primary N) is 1. The van der Waals surface area contributed by atoms with Crippen LogP contribution in [0.25, 0.3) is 0 Å². The smallest absolute Gasteiger partial charge is 0.158 e. The van der Waals surface area contributed by atoms with Crippen molar-refractivity contribution in [2.45, 2.75) is 31.1 Å². The van der Waals surface area contributed by atoms with Gasteiger partial charge < -0.3 is 5.73 Å². The molecule has 0 bridgehead atoms. The van der Waals surface area contributed by atoms with E-state index in [-0.39, 0.29) is 5.75 Å². The Hall–Kier alpha value is -0.880. The maximum Gasteiger partial charge on any atom is 0.158 e. The van der Waals surface area contributed by atoms with Crippen molar-refractivity contribution in [3.05, 3.63) is 17.5 Å². The Labute approximate surface area is 95.6 Å². The third-order valence-electron chi connectivity index (χ3n) is 3.11. The van der Waals surface area contributed by atoms with Crippen LogP contribution in [-0.2, 0) is 23.4 Å². The zero-order valence-corrected chi connectivity index (χ0v) is 10.2. The predicted molar refractivity (Wildman–Crippen MR) is 61.5 cm³/mol. The fourth-order valence-corrected chi connectivity index (χ4v) is 4.07. The second-order valence-corrected chi connectivity index (χ2v) is 6.54. The van der Waals surface area contributed by atoms with Gasteiger partial charge in [-0.3, -0.25) is 4.68 Å². The molecule has 1 aromatic heterocycles. The molecule has 0 amide bonds. The molecule has 1 saturated heterocycles. The maximum atomic E-state index is 11.9. The van der Waals surface area contributed by atoms with Crippen molar-refractivity contribution in [2.75, 3.05) is 5.75 Å². The fraction of sp³-hybridized carbons (Fsp3) is 0.700. The molecule has 2 rings (SSSR count). The van der Waals surface area contributed by atoms with Gasteiger partial charge in [0.25, 0.3) is 0 Å². The minimum absolute atomic E-state index is 0.284. The summed E-state index contributed by atoms with van der Waals surface area (Å²) in [6.07, 6.45) is 2.41. The van der Waals surface area contributed by atoms with Crippen LogP contribution >= 0.6 is 0 Å². The predicted octanol–water partition coefficient (Wildman–Crippen LogP) is 0.519.